The summed E-state index contributed by atoms with van der Waals surface area (Å²) in [4.78, 5) is 0. The summed E-state index contributed by atoms with van der Waals surface area (Å²) in [6.07, 6.45) is 0. The van der Waals surface area contributed by atoms with E-state index in [2.05, 4.69) is 55.4 Å². The van der Waals surface area contributed by atoms with Crippen LogP contribution in [0.15, 0.2) is 0 Å². The second-order valence-electron chi connectivity index (χ2n) is 8.98. The zero-order chi connectivity index (χ0) is 33.6. The summed E-state index contributed by atoms with van der Waals surface area (Å²) in [5.41, 5.74) is 0. The Morgan fingerprint density at radius 1 is 0.318 bits per heavy atom. The monoisotopic (exact) mass is 1130 g/mol. The van der Waals surface area contributed by atoms with Crippen LogP contribution in [-0.4, -0.2) is 61.3 Å². The van der Waals surface area contributed by atoms with Gasteiger partial charge in [0.25, 0.3) is 0 Å². The van der Waals surface area contributed by atoms with Crippen LogP contribution in [-0.2, 0) is 0 Å². The normalized spacial score (nSPS) is 10.6. The largest absolute Gasteiger partial charge is 1.00 e. The van der Waals surface area contributed by atoms with E-state index in [1.807, 2.05) is 0 Å². The van der Waals surface area contributed by atoms with Crippen LogP contribution < -0.4 is 24.8 Å². The summed E-state index contributed by atoms with van der Waals surface area (Å²) in [5, 5.41) is 0. The van der Waals surface area contributed by atoms with E-state index >= 15 is 0 Å². The minimum Gasteiger partial charge on any atom is -1.00 e. The van der Waals surface area contributed by atoms with E-state index in [0.29, 0.717) is 0 Å². The second-order valence-corrected chi connectivity index (χ2v) is 13.3. The first-order valence-corrected chi connectivity index (χ1v) is 17.8. The van der Waals surface area contributed by atoms with Gasteiger partial charge in [0.1, 0.15) is 0 Å². The molecule has 0 aliphatic rings. The van der Waals surface area contributed by atoms with Crippen molar-refractivity contribution in [2.24, 2.45) is 0 Å². The molecule has 0 N–H and O–H groups in total. The van der Waals surface area contributed by atoms with Gasteiger partial charge in [-0.2, -0.15) is 0 Å². The van der Waals surface area contributed by atoms with Gasteiger partial charge in [0.15, 0.2) is 46.5 Å². The van der Waals surface area contributed by atoms with Gasteiger partial charge >= 0.3 is 0 Å². The lowest BCUT2D eigenvalue weighted by Crippen LogP contribution is -3.00. The van der Waals surface area contributed by atoms with Crippen molar-refractivity contribution in [2.75, 3.05) is 52.4 Å². The molecule has 0 heterocycles. The third-order valence-corrected chi connectivity index (χ3v) is 13.8. The summed E-state index contributed by atoms with van der Waals surface area (Å²) in [6.45, 7) is 28.4. The summed E-state index contributed by atoms with van der Waals surface area (Å²) < 4.78 is 102. The molecule has 2 nitrogen and oxygen atoms in total. The molecule has 0 saturated carbocycles. The Morgan fingerprint density at radius 2 is 0.432 bits per heavy atom. The maximum atomic E-state index is 12.6. The van der Waals surface area contributed by atoms with Crippen LogP contribution in [0.25, 0.3) is 0 Å². The Bertz CT molecular complexity index is 807. The first-order valence-electron chi connectivity index (χ1n) is 13.5. The molecule has 2 rings (SSSR count). The smallest absolute Gasteiger partial charge is 0.198 e. The van der Waals surface area contributed by atoms with Gasteiger partial charge in [0, 0.05) is 0 Å². The first-order chi connectivity index (χ1) is 19.4. The quantitative estimate of drug-likeness (QED) is 0.119. The summed E-state index contributed by atoms with van der Waals surface area (Å²) in [5.74, 6) is -12.5. The highest BCUT2D eigenvalue weighted by atomic mass is 127. The zero-order valence-corrected chi connectivity index (χ0v) is 36.0. The fourth-order valence-corrected chi connectivity index (χ4v) is 5.73. The second kappa shape index (κ2) is 25.3. The van der Waals surface area contributed by atoms with Crippen molar-refractivity contribution >= 4 is 90.4 Å². The maximum Gasteiger partial charge on any atom is 0.198 e. The Labute approximate surface area is 324 Å². The van der Waals surface area contributed by atoms with Gasteiger partial charge in [-0.15, -0.1) is 0 Å². The molecule has 0 aromatic heterocycles. The molecule has 0 amide bonds. The van der Waals surface area contributed by atoms with Crippen molar-refractivity contribution in [1.29, 1.82) is 0 Å². The van der Waals surface area contributed by atoms with Crippen molar-refractivity contribution in [2.45, 2.75) is 55.4 Å². The highest BCUT2D eigenvalue weighted by molar-refractivity contribution is 14.1. The molecule has 2 aromatic rings. The number of quaternary nitrogens is 2. The molecule has 0 fully saturated rings. The van der Waals surface area contributed by atoms with E-state index in [1.165, 1.54) is 152 Å². The number of hydrogen-bond acceptors (Lipinski definition) is 0. The Morgan fingerprint density at radius 3 is 0.500 bits per heavy atom. The van der Waals surface area contributed by atoms with E-state index in [4.69, 9.17) is 0 Å². The molecule has 0 bridgehead atoms. The van der Waals surface area contributed by atoms with Crippen molar-refractivity contribution in [1.82, 2.24) is 0 Å². The number of nitrogens with zero attached hydrogens (tertiary/aromatic N) is 2. The van der Waals surface area contributed by atoms with Gasteiger partial charge in [0.2, 0.25) is 0 Å². The van der Waals surface area contributed by atoms with Crippen molar-refractivity contribution in [3.63, 3.8) is 0 Å². The van der Waals surface area contributed by atoms with Crippen LogP contribution in [0.5, 0.6) is 0 Å². The van der Waals surface area contributed by atoms with Crippen molar-refractivity contribution in [3.05, 3.63) is 60.8 Å². The van der Waals surface area contributed by atoms with Gasteiger partial charge in [0.05, 0.1) is 66.6 Å². The van der Waals surface area contributed by atoms with E-state index < -0.39 is 46.5 Å². The van der Waals surface area contributed by atoms with Crippen LogP contribution >= 0.6 is 90.4 Å². The molecule has 0 aliphatic heterocycles. The van der Waals surface area contributed by atoms with Crippen LogP contribution in [0.3, 0.4) is 0 Å². The highest BCUT2D eigenvalue weighted by Crippen LogP contribution is 2.27. The average molecular weight is 1140 g/mol. The predicted octanol–water partition coefficient (Wildman–Crippen LogP) is 4.68. The minimum absolute atomic E-state index is 0. The molecular formula is C28H40Cl2F8I4N2. The lowest BCUT2D eigenvalue weighted by Gasteiger charge is -2.34. The Balaban J connectivity index is -0.000000241. The topological polar surface area (TPSA) is 0 Å². The fraction of sp³-hybridized carbons (Fsp3) is 0.571. The van der Waals surface area contributed by atoms with E-state index in [1.54, 1.807) is 0 Å². The van der Waals surface area contributed by atoms with Crippen LogP contribution in [0.4, 0.5) is 35.1 Å². The van der Waals surface area contributed by atoms with Crippen LogP contribution in [0, 0.1) is 60.8 Å². The molecule has 0 atom stereocenters. The van der Waals surface area contributed by atoms with Gasteiger partial charge in [-0.25, -0.2) is 35.1 Å². The van der Waals surface area contributed by atoms with Crippen LogP contribution in [0.2, 0.25) is 0 Å². The molecule has 16 heteroatoms. The number of hydrogen-bond donors (Lipinski definition) is 0. The van der Waals surface area contributed by atoms with E-state index in [0.717, 1.165) is 0 Å². The van der Waals surface area contributed by atoms with E-state index in [-0.39, 0.29) is 39.1 Å². The van der Waals surface area contributed by atoms with Gasteiger partial charge in [-0.3, -0.25) is 0 Å². The summed E-state index contributed by atoms with van der Waals surface area (Å²) in [6, 6.07) is 0. The number of benzene rings is 2. The predicted molar refractivity (Wildman–Crippen MR) is 188 cm³/mol. The van der Waals surface area contributed by atoms with Gasteiger partial charge in [-0.05, 0) is 146 Å². The lowest BCUT2D eigenvalue weighted by atomic mass is 10.3. The first kappa shape index (κ1) is 52.1. The molecule has 260 valence electrons. The zero-order valence-electron chi connectivity index (χ0n) is 25.8. The SMILES string of the molecule is CC[N+](CC)(CC)CC.CC[N+](CC)(CC)CC.Fc1c(F)c(F)c(I)c(I)c1F.Fc1c(F)c(F)c(I)c(I)c1F.[Cl-].[Cl-]. The molecule has 0 saturated heterocycles. The maximum absolute atomic E-state index is 12.6. The molecule has 0 unspecified atom stereocenters. The standard InChI is InChI=1S/2C8H20N.2C6F4I2.2ClH/c2*1-5-9(6-2,7-3)8-4;2*7-1-2(8)4(10)6(12)5(11)3(1)9;;/h2*5-8H2,1-4H3;;;2*1H/q2*+1;;;;/p-2. The molecule has 44 heavy (non-hydrogen) atoms. The fourth-order valence-electron chi connectivity index (χ4n) is 3.84. The average Bonchev–Trinajstić information content (AvgIpc) is 3.02. The van der Waals surface area contributed by atoms with Gasteiger partial charge in [-0.1, -0.05) is 0 Å². The van der Waals surface area contributed by atoms with Gasteiger partial charge < -0.3 is 33.8 Å². The van der Waals surface area contributed by atoms with Crippen molar-refractivity contribution < 1.29 is 68.9 Å². The van der Waals surface area contributed by atoms with E-state index in [9.17, 15) is 35.1 Å². The van der Waals surface area contributed by atoms with Crippen LogP contribution in [0.1, 0.15) is 55.4 Å². The molecule has 0 spiro atoms. The number of rotatable bonds is 8. The third-order valence-electron chi connectivity index (χ3n) is 7.68. The molecule has 0 aliphatic carbocycles. The lowest BCUT2D eigenvalue weighted by molar-refractivity contribution is -0.921. The summed E-state index contributed by atoms with van der Waals surface area (Å²) in [7, 11) is 0. The Kier molecular flexibility index (Phi) is 30.0. The number of halogens is 14. The minimum atomic E-state index is -1.77. The molecule has 2 aromatic carbocycles. The highest BCUT2D eigenvalue weighted by Gasteiger charge is 2.23. The third kappa shape index (κ3) is 14.4. The summed E-state index contributed by atoms with van der Waals surface area (Å²) >= 11 is 5.63. The molecule has 0 radical (unpaired) electrons. The molecular weight excluding hydrogens is 1090 g/mol. The Hall–Kier alpha value is 1.30. The van der Waals surface area contributed by atoms with Crippen molar-refractivity contribution in [3.8, 4) is 0 Å².